The van der Waals surface area contributed by atoms with Crippen LogP contribution < -0.4 is 0 Å². The molecule has 0 unspecified atom stereocenters. The quantitative estimate of drug-likeness (QED) is 0.672. The predicted octanol–water partition coefficient (Wildman–Crippen LogP) is 3.43. The molecule has 1 fully saturated rings. The number of phenolic OH excluding ortho intramolecular Hbond substituents is 1. The Labute approximate surface area is 132 Å². The Morgan fingerprint density at radius 2 is 2.15 bits per heavy atom. The fourth-order valence-electron chi connectivity index (χ4n) is 2.32. The second-order valence-electron chi connectivity index (χ2n) is 4.95. The van der Waals surface area contributed by atoms with Crippen LogP contribution in [0.25, 0.3) is 15.5 Å². The lowest BCUT2D eigenvalue weighted by atomic mass is 9.85. The summed E-state index contributed by atoms with van der Waals surface area (Å²) in [5.74, 6) is 1.77. The molecular weight excluding hydrogens is 387 g/mol. The van der Waals surface area contributed by atoms with Crippen molar-refractivity contribution in [1.82, 2.24) is 19.8 Å². The van der Waals surface area contributed by atoms with Crippen LogP contribution in [0, 0.1) is 3.57 Å². The Bertz CT molecular complexity index is 793. The summed E-state index contributed by atoms with van der Waals surface area (Å²) in [5.41, 5.74) is 0.915. The van der Waals surface area contributed by atoms with E-state index in [0.717, 1.165) is 24.9 Å². The summed E-state index contributed by atoms with van der Waals surface area (Å²) < 4.78 is 2.70. The largest absolute Gasteiger partial charge is 0.507 e. The van der Waals surface area contributed by atoms with Crippen molar-refractivity contribution in [2.45, 2.75) is 25.2 Å². The minimum Gasteiger partial charge on any atom is -0.507 e. The molecule has 2 heterocycles. The first-order valence-corrected chi connectivity index (χ1v) is 8.33. The van der Waals surface area contributed by atoms with Crippen molar-refractivity contribution in [2.24, 2.45) is 0 Å². The summed E-state index contributed by atoms with van der Waals surface area (Å²) in [5, 5.41) is 23.8. The van der Waals surface area contributed by atoms with Crippen LogP contribution in [-0.4, -0.2) is 24.9 Å². The molecule has 0 radical (unpaired) electrons. The van der Waals surface area contributed by atoms with Gasteiger partial charge in [-0.3, -0.25) is 0 Å². The summed E-state index contributed by atoms with van der Waals surface area (Å²) in [4.78, 5) is 0.819. The van der Waals surface area contributed by atoms with Crippen molar-refractivity contribution >= 4 is 38.9 Å². The highest BCUT2D eigenvalue weighted by Crippen LogP contribution is 2.37. The van der Waals surface area contributed by atoms with Gasteiger partial charge in [-0.25, -0.2) is 0 Å². The lowest BCUT2D eigenvalue weighted by Gasteiger charge is -2.22. The van der Waals surface area contributed by atoms with Crippen LogP contribution in [0.15, 0.2) is 18.2 Å². The molecule has 4 rings (SSSR count). The highest BCUT2D eigenvalue weighted by molar-refractivity contribution is 14.1. The van der Waals surface area contributed by atoms with Gasteiger partial charge in [-0.1, -0.05) is 23.8 Å². The van der Waals surface area contributed by atoms with Gasteiger partial charge in [0.15, 0.2) is 5.82 Å². The standard InChI is InChI=1S/C13H11IN4OS/c14-9-5-4-8(6-10(9)19)12-17-18-11(7-2-1-3-7)15-16-13(18)20-12/h4-7,19H,1-3H2. The summed E-state index contributed by atoms with van der Waals surface area (Å²) in [6.45, 7) is 0. The molecular formula is C13H11IN4OS. The zero-order chi connectivity index (χ0) is 13.7. The van der Waals surface area contributed by atoms with Gasteiger partial charge in [-0.15, -0.1) is 10.2 Å². The van der Waals surface area contributed by atoms with Crippen LogP contribution in [0.4, 0.5) is 0 Å². The Balaban J connectivity index is 1.80. The number of hydrogen-bond donors (Lipinski definition) is 1. The van der Waals surface area contributed by atoms with E-state index in [1.165, 1.54) is 30.6 Å². The molecule has 3 aromatic rings. The smallest absolute Gasteiger partial charge is 0.234 e. The maximum absolute atomic E-state index is 9.81. The van der Waals surface area contributed by atoms with Gasteiger partial charge in [0.05, 0.1) is 3.57 Å². The average molecular weight is 398 g/mol. The predicted molar refractivity (Wildman–Crippen MR) is 85.1 cm³/mol. The number of aromatic nitrogens is 4. The average Bonchev–Trinajstić information content (AvgIpc) is 2.93. The fourth-order valence-corrected chi connectivity index (χ4v) is 3.49. The Hall–Kier alpha value is -1.22. The van der Waals surface area contributed by atoms with Crippen molar-refractivity contribution in [3.05, 3.63) is 27.6 Å². The highest BCUT2D eigenvalue weighted by atomic mass is 127. The van der Waals surface area contributed by atoms with Crippen LogP contribution in [-0.2, 0) is 0 Å². The van der Waals surface area contributed by atoms with E-state index in [1.807, 2.05) is 16.6 Å². The van der Waals surface area contributed by atoms with Crippen LogP contribution in [0.2, 0.25) is 0 Å². The van der Waals surface area contributed by atoms with E-state index in [2.05, 4.69) is 37.9 Å². The first-order chi connectivity index (χ1) is 9.72. The van der Waals surface area contributed by atoms with Gasteiger partial charge in [0.1, 0.15) is 10.8 Å². The van der Waals surface area contributed by atoms with E-state index in [4.69, 9.17) is 0 Å². The Morgan fingerprint density at radius 1 is 1.30 bits per heavy atom. The van der Waals surface area contributed by atoms with E-state index in [9.17, 15) is 5.11 Å². The van der Waals surface area contributed by atoms with Gasteiger partial charge < -0.3 is 5.11 Å². The van der Waals surface area contributed by atoms with Crippen LogP contribution >= 0.6 is 33.9 Å². The number of hydrogen-bond acceptors (Lipinski definition) is 5. The lowest BCUT2D eigenvalue weighted by Crippen LogP contribution is -2.12. The molecule has 0 atom stereocenters. The Morgan fingerprint density at radius 3 is 2.85 bits per heavy atom. The molecule has 1 aromatic carbocycles. The molecule has 0 aliphatic heterocycles. The topological polar surface area (TPSA) is 63.3 Å². The summed E-state index contributed by atoms with van der Waals surface area (Å²) in [7, 11) is 0. The summed E-state index contributed by atoms with van der Waals surface area (Å²) in [6, 6.07) is 5.60. The number of halogens is 1. The summed E-state index contributed by atoms with van der Waals surface area (Å²) in [6.07, 6.45) is 3.62. The zero-order valence-corrected chi connectivity index (χ0v) is 13.4. The third kappa shape index (κ3) is 1.91. The van der Waals surface area contributed by atoms with Crippen molar-refractivity contribution in [3.63, 3.8) is 0 Å². The van der Waals surface area contributed by atoms with Gasteiger partial charge >= 0.3 is 0 Å². The van der Waals surface area contributed by atoms with E-state index in [0.29, 0.717) is 5.92 Å². The molecule has 1 aliphatic rings. The number of fused-ring (bicyclic) bond motifs is 1. The molecule has 1 N–H and O–H groups in total. The van der Waals surface area contributed by atoms with Gasteiger partial charge in [-0.2, -0.15) is 9.61 Å². The number of aromatic hydroxyl groups is 1. The van der Waals surface area contributed by atoms with Gasteiger partial charge in [0, 0.05) is 11.5 Å². The van der Waals surface area contributed by atoms with Crippen LogP contribution in [0.5, 0.6) is 5.75 Å². The third-order valence-electron chi connectivity index (χ3n) is 3.68. The van der Waals surface area contributed by atoms with Crippen LogP contribution in [0.1, 0.15) is 31.0 Å². The molecule has 20 heavy (non-hydrogen) atoms. The first-order valence-electron chi connectivity index (χ1n) is 6.43. The minimum atomic E-state index is 0.285. The maximum atomic E-state index is 9.81. The van der Waals surface area contributed by atoms with E-state index >= 15 is 0 Å². The van der Waals surface area contributed by atoms with E-state index in [-0.39, 0.29) is 5.75 Å². The highest BCUT2D eigenvalue weighted by Gasteiger charge is 2.26. The number of benzene rings is 1. The number of rotatable bonds is 2. The molecule has 7 heteroatoms. The molecule has 2 aromatic heterocycles. The second kappa shape index (κ2) is 4.66. The maximum Gasteiger partial charge on any atom is 0.234 e. The van der Waals surface area contributed by atoms with Crippen molar-refractivity contribution in [2.75, 3.05) is 0 Å². The molecule has 0 amide bonds. The van der Waals surface area contributed by atoms with Gasteiger partial charge in [0.25, 0.3) is 0 Å². The molecule has 0 bridgehead atoms. The zero-order valence-electron chi connectivity index (χ0n) is 10.5. The van der Waals surface area contributed by atoms with Crippen molar-refractivity contribution in [1.29, 1.82) is 0 Å². The minimum absolute atomic E-state index is 0.285. The fraction of sp³-hybridized carbons (Fsp3) is 0.308. The molecule has 5 nitrogen and oxygen atoms in total. The van der Waals surface area contributed by atoms with Gasteiger partial charge in [-0.05, 0) is 47.6 Å². The normalized spacial score (nSPS) is 15.7. The molecule has 102 valence electrons. The first kappa shape index (κ1) is 12.5. The van der Waals surface area contributed by atoms with E-state index in [1.54, 1.807) is 6.07 Å². The van der Waals surface area contributed by atoms with E-state index < -0.39 is 0 Å². The monoisotopic (exact) mass is 398 g/mol. The number of nitrogens with zero attached hydrogens (tertiary/aromatic N) is 4. The van der Waals surface area contributed by atoms with Gasteiger partial charge in [0.2, 0.25) is 4.96 Å². The van der Waals surface area contributed by atoms with Crippen molar-refractivity contribution < 1.29 is 5.11 Å². The Kier molecular flexibility index (Phi) is 2.92. The third-order valence-corrected chi connectivity index (χ3v) is 5.54. The number of phenols is 1. The summed E-state index contributed by atoms with van der Waals surface area (Å²) >= 11 is 3.61. The second-order valence-corrected chi connectivity index (χ2v) is 7.07. The van der Waals surface area contributed by atoms with Crippen molar-refractivity contribution in [3.8, 4) is 16.3 Å². The SMILES string of the molecule is Oc1cc(-c2nn3c(C4CCC4)nnc3s2)ccc1I. The lowest BCUT2D eigenvalue weighted by molar-refractivity contribution is 0.395. The molecule has 1 aliphatic carbocycles. The molecule has 0 spiro atoms. The molecule has 1 saturated carbocycles. The molecule has 0 saturated heterocycles. The van der Waals surface area contributed by atoms with Crippen LogP contribution in [0.3, 0.4) is 0 Å².